The number of nitrogens with zero attached hydrogens (tertiary/aromatic N) is 1. The number of hydrogen-bond donors (Lipinski definition) is 2. The van der Waals surface area contributed by atoms with Crippen molar-refractivity contribution < 1.29 is 23.6 Å². The molecule has 0 aliphatic carbocycles. The minimum Gasteiger partial charge on any atom is -0.444 e. The zero-order valence-corrected chi connectivity index (χ0v) is 25.5. The summed E-state index contributed by atoms with van der Waals surface area (Å²) in [6.45, 7) is 15.7. The van der Waals surface area contributed by atoms with E-state index in [4.69, 9.17) is 14.0 Å². The molecule has 2 amide bonds. The lowest BCUT2D eigenvalue weighted by Crippen LogP contribution is -2.45. The molecule has 2 N–H and O–H groups in total. The van der Waals surface area contributed by atoms with E-state index in [9.17, 15) is 9.59 Å². The highest BCUT2D eigenvalue weighted by atomic mass is 16.7. The second-order valence-corrected chi connectivity index (χ2v) is 13.6. The second-order valence-electron chi connectivity index (χ2n) is 13.6. The molecule has 0 spiro atoms. The van der Waals surface area contributed by atoms with E-state index in [1.165, 1.54) is 5.56 Å². The number of rotatable bonds is 5. The van der Waals surface area contributed by atoms with Crippen LogP contribution < -0.4 is 16.1 Å². The first-order chi connectivity index (χ1) is 19.2. The van der Waals surface area contributed by atoms with E-state index >= 15 is 0 Å². The van der Waals surface area contributed by atoms with Crippen LogP contribution >= 0.6 is 0 Å². The molecule has 3 aliphatic heterocycles. The first kappa shape index (κ1) is 29.5. The third kappa shape index (κ3) is 6.57. The molecule has 3 aliphatic rings. The van der Waals surface area contributed by atoms with Gasteiger partial charge >= 0.3 is 13.2 Å². The Labute approximate surface area is 244 Å². The van der Waals surface area contributed by atoms with E-state index in [-0.39, 0.29) is 11.9 Å². The highest BCUT2D eigenvalue weighted by Gasteiger charge is 2.52. The van der Waals surface area contributed by atoms with Crippen LogP contribution in [0.3, 0.4) is 0 Å². The number of ether oxygens (including phenoxy) is 1. The molecule has 2 saturated heterocycles. The summed E-state index contributed by atoms with van der Waals surface area (Å²) in [6, 6.07) is 14.3. The first-order valence-corrected chi connectivity index (χ1v) is 14.8. The highest BCUT2D eigenvalue weighted by Crippen LogP contribution is 2.37. The number of fused-ring (bicyclic) bond motifs is 1. The highest BCUT2D eigenvalue weighted by molar-refractivity contribution is 6.62. The molecule has 9 heteroatoms. The van der Waals surface area contributed by atoms with Gasteiger partial charge in [-0.25, -0.2) is 4.79 Å². The van der Waals surface area contributed by atoms with Crippen molar-refractivity contribution in [2.75, 3.05) is 18.4 Å². The molecule has 2 fully saturated rings. The lowest BCUT2D eigenvalue weighted by Gasteiger charge is -2.34. The molecule has 0 radical (unpaired) electrons. The molecular formula is C32H44BN3O5. The quantitative estimate of drug-likeness (QED) is 0.513. The molecule has 2 aromatic rings. The van der Waals surface area contributed by atoms with Crippen LogP contribution in [-0.2, 0) is 31.8 Å². The van der Waals surface area contributed by atoms with Gasteiger partial charge in [0.2, 0.25) is 5.91 Å². The maximum Gasteiger partial charge on any atom is 0.494 e. The van der Waals surface area contributed by atoms with Crippen molar-refractivity contribution in [3.8, 4) is 0 Å². The van der Waals surface area contributed by atoms with E-state index in [0.717, 1.165) is 48.2 Å². The number of benzene rings is 2. The predicted octanol–water partition coefficient (Wildman–Crippen LogP) is 4.75. The first-order valence-electron chi connectivity index (χ1n) is 14.8. The number of likely N-dealkylation sites (tertiary alicyclic amines) is 1. The number of alkyl carbamates (subject to hydrolysis) is 1. The molecule has 5 rings (SSSR count). The lowest BCUT2D eigenvalue weighted by molar-refractivity contribution is -0.132. The Kier molecular flexibility index (Phi) is 7.89. The fourth-order valence-corrected chi connectivity index (χ4v) is 5.74. The summed E-state index contributed by atoms with van der Waals surface area (Å²) >= 11 is 0. The molecule has 1 unspecified atom stereocenters. The van der Waals surface area contributed by atoms with Crippen LogP contribution in [0.5, 0.6) is 0 Å². The van der Waals surface area contributed by atoms with Gasteiger partial charge in [0.25, 0.3) is 0 Å². The fourth-order valence-electron chi connectivity index (χ4n) is 5.74. The number of carbonyl (C=O) groups excluding carboxylic acids is 2. The Hall–Kier alpha value is -3.04. The number of nitrogens with one attached hydrogen (secondary N) is 2. The third-order valence-electron chi connectivity index (χ3n) is 8.78. The molecule has 0 aromatic heterocycles. The van der Waals surface area contributed by atoms with Gasteiger partial charge in [-0.05, 0) is 95.4 Å². The van der Waals surface area contributed by atoms with Crippen molar-refractivity contribution in [3.63, 3.8) is 0 Å². The summed E-state index contributed by atoms with van der Waals surface area (Å²) in [7, 11) is -0.424. The molecule has 0 saturated carbocycles. The second kappa shape index (κ2) is 11.0. The molecule has 1 atom stereocenters. The van der Waals surface area contributed by atoms with Crippen molar-refractivity contribution in [2.24, 2.45) is 0 Å². The van der Waals surface area contributed by atoms with Crippen molar-refractivity contribution in [1.29, 1.82) is 0 Å². The van der Waals surface area contributed by atoms with Crippen LogP contribution in [0.25, 0.3) is 0 Å². The molecule has 2 aromatic carbocycles. The number of carbonyl (C=O) groups is 2. The molecule has 3 heterocycles. The van der Waals surface area contributed by atoms with E-state index < -0.39 is 30.0 Å². The minimum absolute atomic E-state index is 0.159. The normalized spacial score (nSPS) is 21.8. The van der Waals surface area contributed by atoms with Gasteiger partial charge in [-0.15, -0.1) is 0 Å². The SMILES string of the molecule is CC(C)(C)OC(=O)NCc1cccc(C2CCN(C(=O)C3Cc4ccc(B5OC(C)(C)C(C)(C)O5)cc4N3)CC2)c1. The summed E-state index contributed by atoms with van der Waals surface area (Å²) < 4.78 is 17.8. The van der Waals surface area contributed by atoms with Crippen molar-refractivity contribution >= 4 is 30.3 Å². The lowest BCUT2D eigenvalue weighted by atomic mass is 9.78. The van der Waals surface area contributed by atoms with E-state index in [1.807, 2.05) is 37.8 Å². The van der Waals surface area contributed by atoms with Gasteiger partial charge in [-0.2, -0.15) is 0 Å². The number of piperidine rings is 1. The zero-order valence-electron chi connectivity index (χ0n) is 25.5. The number of hydrogen-bond acceptors (Lipinski definition) is 6. The Balaban J connectivity index is 1.13. The Bertz CT molecular complexity index is 1280. The average molecular weight is 562 g/mol. The van der Waals surface area contributed by atoms with Crippen molar-refractivity contribution in [1.82, 2.24) is 10.2 Å². The Morgan fingerprint density at radius 2 is 1.73 bits per heavy atom. The maximum absolute atomic E-state index is 13.5. The van der Waals surface area contributed by atoms with Crippen LogP contribution in [-0.4, -0.2) is 60.0 Å². The van der Waals surface area contributed by atoms with Crippen LogP contribution in [0.2, 0.25) is 0 Å². The van der Waals surface area contributed by atoms with Gasteiger partial charge in [0.15, 0.2) is 0 Å². The monoisotopic (exact) mass is 561 g/mol. The predicted molar refractivity (Wildman–Crippen MR) is 161 cm³/mol. The summed E-state index contributed by atoms with van der Waals surface area (Å²) in [5.74, 6) is 0.545. The van der Waals surface area contributed by atoms with Crippen LogP contribution in [0.1, 0.15) is 83.9 Å². The smallest absolute Gasteiger partial charge is 0.444 e. The van der Waals surface area contributed by atoms with Crippen molar-refractivity contribution in [2.45, 2.75) is 103 Å². The molecule has 8 nitrogen and oxygen atoms in total. The van der Waals surface area contributed by atoms with E-state index in [0.29, 0.717) is 18.9 Å². The molecule has 41 heavy (non-hydrogen) atoms. The van der Waals surface area contributed by atoms with Gasteiger partial charge < -0.3 is 29.6 Å². The van der Waals surface area contributed by atoms with Gasteiger partial charge in [0.05, 0.1) is 11.2 Å². The van der Waals surface area contributed by atoms with E-state index in [2.05, 4.69) is 68.7 Å². The van der Waals surface area contributed by atoms with Crippen LogP contribution in [0, 0.1) is 0 Å². The standard InChI is InChI=1S/C32H44BN3O5/c1-30(2,3)39-29(38)34-20-21-9-8-10-23(17-21)22-13-15-36(16-14-22)28(37)27-18-24-11-12-25(19-26(24)35-27)33-40-31(4,5)32(6,7)41-33/h8-12,17,19,22,27,35H,13-16,18,20H2,1-7H3,(H,34,38). The molecule has 220 valence electrons. The minimum atomic E-state index is -0.522. The summed E-state index contributed by atoms with van der Waals surface area (Å²) in [5, 5.41) is 6.32. The van der Waals surface area contributed by atoms with Crippen LogP contribution in [0.4, 0.5) is 10.5 Å². The maximum atomic E-state index is 13.5. The Morgan fingerprint density at radius 1 is 1.05 bits per heavy atom. The summed E-state index contributed by atoms with van der Waals surface area (Å²) in [4.78, 5) is 27.5. The van der Waals surface area contributed by atoms with Gasteiger partial charge in [-0.1, -0.05) is 36.4 Å². The van der Waals surface area contributed by atoms with Gasteiger partial charge in [0.1, 0.15) is 11.6 Å². The molecular weight excluding hydrogens is 517 g/mol. The van der Waals surface area contributed by atoms with Crippen molar-refractivity contribution in [3.05, 3.63) is 59.2 Å². The summed E-state index contributed by atoms with van der Waals surface area (Å²) in [6.07, 6.45) is 2.10. The number of amides is 2. The largest absolute Gasteiger partial charge is 0.494 e. The zero-order chi connectivity index (χ0) is 29.6. The van der Waals surface area contributed by atoms with Gasteiger partial charge in [-0.3, -0.25) is 4.79 Å². The average Bonchev–Trinajstić information content (AvgIpc) is 3.43. The Morgan fingerprint density at radius 3 is 2.39 bits per heavy atom. The topological polar surface area (TPSA) is 89.1 Å². The van der Waals surface area contributed by atoms with Crippen LogP contribution in [0.15, 0.2) is 42.5 Å². The third-order valence-corrected chi connectivity index (χ3v) is 8.78. The van der Waals surface area contributed by atoms with Gasteiger partial charge in [0, 0.05) is 31.7 Å². The fraction of sp³-hybridized carbons (Fsp3) is 0.562. The van der Waals surface area contributed by atoms with E-state index in [1.54, 1.807) is 0 Å². The molecule has 0 bridgehead atoms. The summed E-state index contributed by atoms with van der Waals surface area (Å²) in [5.41, 5.74) is 4.08. The number of anilines is 1.